The zero-order chi connectivity index (χ0) is 18.4. The summed E-state index contributed by atoms with van der Waals surface area (Å²) in [5, 5.41) is 0. The molecule has 26 heavy (non-hydrogen) atoms. The number of benzene rings is 2. The molecule has 0 radical (unpaired) electrons. The molecule has 4 nitrogen and oxygen atoms in total. The van der Waals surface area contributed by atoms with Crippen molar-refractivity contribution in [2.24, 2.45) is 0 Å². The van der Waals surface area contributed by atoms with Crippen LogP contribution in [0.2, 0.25) is 0 Å². The second kappa shape index (κ2) is 8.81. The average molecular weight is 356 g/mol. The molecule has 1 aliphatic heterocycles. The molecule has 2 aromatic rings. The van der Waals surface area contributed by atoms with Crippen molar-refractivity contribution in [3.8, 4) is 5.75 Å². The molecule has 1 amide bonds. The van der Waals surface area contributed by atoms with Crippen molar-refractivity contribution in [1.82, 2.24) is 9.80 Å². The molecular weight excluding hydrogens is 331 g/mol. The maximum Gasteiger partial charge on any atom is 0.260 e. The fourth-order valence-corrected chi connectivity index (χ4v) is 3.20. The second-order valence-electron chi connectivity index (χ2n) is 6.66. The smallest absolute Gasteiger partial charge is 0.260 e. The van der Waals surface area contributed by atoms with Crippen LogP contribution >= 0.6 is 0 Å². The summed E-state index contributed by atoms with van der Waals surface area (Å²) >= 11 is 0. The van der Waals surface area contributed by atoms with Crippen LogP contribution in [0.1, 0.15) is 17.5 Å². The highest BCUT2D eigenvalue weighted by Crippen LogP contribution is 2.17. The van der Waals surface area contributed by atoms with E-state index in [9.17, 15) is 9.18 Å². The normalized spacial score (nSPS) is 15.5. The molecule has 0 atom stereocenters. The number of halogens is 1. The Morgan fingerprint density at radius 1 is 1.04 bits per heavy atom. The van der Waals surface area contributed by atoms with Gasteiger partial charge in [0.05, 0.1) is 0 Å². The number of carbonyl (C=O) groups excluding carboxylic acids is 1. The van der Waals surface area contributed by atoms with Crippen molar-refractivity contribution >= 4 is 5.91 Å². The first-order valence-corrected chi connectivity index (χ1v) is 9.05. The van der Waals surface area contributed by atoms with Gasteiger partial charge in [0.15, 0.2) is 6.61 Å². The number of ether oxygens (including phenoxy) is 1. The number of nitrogens with zero attached hydrogens (tertiary/aromatic N) is 2. The highest BCUT2D eigenvalue weighted by molar-refractivity contribution is 5.77. The van der Waals surface area contributed by atoms with E-state index >= 15 is 0 Å². The quantitative estimate of drug-likeness (QED) is 0.824. The van der Waals surface area contributed by atoms with E-state index < -0.39 is 0 Å². The summed E-state index contributed by atoms with van der Waals surface area (Å²) in [5.41, 5.74) is 1.72. The molecular formula is C21H25FN2O2. The zero-order valence-corrected chi connectivity index (χ0v) is 15.2. The minimum Gasteiger partial charge on any atom is -0.484 e. The van der Waals surface area contributed by atoms with Crippen LogP contribution < -0.4 is 4.74 Å². The van der Waals surface area contributed by atoms with E-state index in [0.29, 0.717) is 25.2 Å². The Morgan fingerprint density at radius 3 is 2.62 bits per heavy atom. The standard InChI is InChI=1S/C21H25FN2O2/c1-17-7-2-5-10-20(17)26-16-21(25)24-12-6-11-23(13-14-24)15-18-8-3-4-9-19(18)22/h2-5,7-10H,6,11-16H2,1H3. The van der Waals surface area contributed by atoms with Gasteiger partial charge >= 0.3 is 0 Å². The molecule has 1 aliphatic rings. The van der Waals surface area contributed by atoms with Crippen LogP contribution in [0, 0.1) is 12.7 Å². The molecule has 0 bridgehead atoms. The van der Waals surface area contributed by atoms with Crippen LogP contribution in [0.5, 0.6) is 5.75 Å². The molecule has 2 aromatic carbocycles. The van der Waals surface area contributed by atoms with Crippen LogP contribution in [0.15, 0.2) is 48.5 Å². The summed E-state index contributed by atoms with van der Waals surface area (Å²) in [6.45, 7) is 5.55. The molecule has 1 fully saturated rings. The van der Waals surface area contributed by atoms with Crippen molar-refractivity contribution in [3.63, 3.8) is 0 Å². The van der Waals surface area contributed by atoms with Crippen LogP contribution in [-0.4, -0.2) is 48.5 Å². The molecule has 0 saturated carbocycles. The number of carbonyl (C=O) groups is 1. The van der Waals surface area contributed by atoms with Gasteiger partial charge in [-0.25, -0.2) is 4.39 Å². The Balaban J connectivity index is 1.51. The van der Waals surface area contributed by atoms with Crippen LogP contribution in [0.4, 0.5) is 4.39 Å². The van der Waals surface area contributed by atoms with Crippen molar-refractivity contribution in [3.05, 3.63) is 65.5 Å². The lowest BCUT2D eigenvalue weighted by molar-refractivity contribution is -0.133. The lowest BCUT2D eigenvalue weighted by Crippen LogP contribution is -2.38. The zero-order valence-electron chi connectivity index (χ0n) is 15.2. The Hall–Kier alpha value is -2.40. The molecule has 0 aromatic heterocycles. The van der Waals surface area contributed by atoms with Crippen molar-refractivity contribution in [1.29, 1.82) is 0 Å². The van der Waals surface area contributed by atoms with Gasteiger partial charge in [-0.2, -0.15) is 0 Å². The number of rotatable bonds is 5. The van der Waals surface area contributed by atoms with Gasteiger partial charge in [0, 0.05) is 38.3 Å². The van der Waals surface area contributed by atoms with Gasteiger partial charge in [-0.1, -0.05) is 36.4 Å². The molecule has 5 heteroatoms. The van der Waals surface area contributed by atoms with Crippen molar-refractivity contribution < 1.29 is 13.9 Å². The average Bonchev–Trinajstić information content (AvgIpc) is 2.88. The third-order valence-electron chi connectivity index (χ3n) is 4.74. The predicted molar refractivity (Wildman–Crippen MR) is 99.5 cm³/mol. The Labute approximate surface area is 154 Å². The maximum absolute atomic E-state index is 13.8. The van der Waals surface area contributed by atoms with Gasteiger partial charge < -0.3 is 9.64 Å². The summed E-state index contributed by atoms with van der Waals surface area (Å²) in [6.07, 6.45) is 0.880. The molecule has 3 rings (SSSR count). The first kappa shape index (κ1) is 18.4. The van der Waals surface area contributed by atoms with Crippen LogP contribution in [0.3, 0.4) is 0 Å². The third kappa shape index (κ3) is 4.82. The lowest BCUT2D eigenvalue weighted by Gasteiger charge is -2.22. The van der Waals surface area contributed by atoms with E-state index in [1.54, 1.807) is 6.07 Å². The first-order chi connectivity index (χ1) is 12.6. The summed E-state index contributed by atoms with van der Waals surface area (Å²) < 4.78 is 19.5. The molecule has 0 unspecified atom stereocenters. The minimum absolute atomic E-state index is 0.000921. The fraction of sp³-hybridized carbons (Fsp3) is 0.381. The van der Waals surface area contributed by atoms with E-state index in [0.717, 1.165) is 30.8 Å². The lowest BCUT2D eigenvalue weighted by atomic mass is 10.2. The topological polar surface area (TPSA) is 32.8 Å². The van der Waals surface area contributed by atoms with E-state index in [4.69, 9.17) is 4.74 Å². The monoisotopic (exact) mass is 356 g/mol. The maximum atomic E-state index is 13.8. The van der Waals surface area contributed by atoms with Crippen LogP contribution in [0.25, 0.3) is 0 Å². The fourth-order valence-electron chi connectivity index (χ4n) is 3.20. The van der Waals surface area contributed by atoms with Gasteiger partial charge in [-0.05, 0) is 31.0 Å². The van der Waals surface area contributed by atoms with E-state index in [1.165, 1.54) is 6.07 Å². The number of hydrogen-bond acceptors (Lipinski definition) is 3. The number of hydrogen-bond donors (Lipinski definition) is 0. The molecule has 0 N–H and O–H groups in total. The molecule has 0 aliphatic carbocycles. The number of amides is 1. The predicted octanol–water partition coefficient (Wildman–Crippen LogP) is 3.25. The van der Waals surface area contributed by atoms with Gasteiger partial charge in [0.2, 0.25) is 0 Å². The van der Waals surface area contributed by atoms with Gasteiger partial charge in [-0.15, -0.1) is 0 Å². The minimum atomic E-state index is -0.170. The van der Waals surface area contributed by atoms with E-state index in [-0.39, 0.29) is 18.3 Å². The molecule has 138 valence electrons. The second-order valence-corrected chi connectivity index (χ2v) is 6.66. The van der Waals surface area contributed by atoms with Gasteiger partial charge in [-0.3, -0.25) is 9.69 Å². The molecule has 1 saturated heterocycles. The van der Waals surface area contributed by atoms with Crippen LogP contribution in [-0.2, 0) is 11.3 Å². The number of para-hydroxylation sites is 1. The van der Waals surface area contributed by atoms with E-state index in [1.807, 2.05) is 48.2 Å². The summed E-state index contributed by atoms with van der Waals surface area (Å²) in [7, 11) is 0. The Kier molecular flexibility index (Phi) is 6.23. The molecule has 1 heterocycles. The highest BCUT2D eigenvalue weighted by Gasteiger charge is 2.20. The Morgan fingerprint density at radius 2 is 1.81 bits per heavy atom. The SMILES string of the molecule is Cc1ccccc1OCC(=O)N1CCCN(Cc2ccccc2F)CC1. The highest BCUT2D eigenvalue weighted by atomic mass is 19.1. The van der Waals surface area contributed by atoms with Crippen molar-refractivity contribution in [2.45, 2.75) is 19.9 Å². The summed E-state index contributed by atoms with van der Waals surface area (Å²) in [6, 6.07) is 14.6. The molecule has 0 spiro atoms. The van der Waals surface area contributed by atoms with Gasteiger partial charge in [0.1, 0.15) is 11.6 Å². The van der Waals surface area contributed by atoms with Crippen molar-refractivity contribution in [2.75, 3.05) is 32.8 Å². The summed E-state index contributed by atoms with van der Waals surface area (Å²) in [5.74, 6) is 0.578. The Bertz CT molecular complexity index is 750. The number of aryl methyl sites for hydroxylation is 1. The first-order valence-electron chi connectivity index (χ1n) is 9.05. The largest absolute Gasteiger partial charge is 0.484 e. The summed E-state index contributed by atoms with van der Waals surface area (Å²) in [4.78, 5) is 16.5. The van der Waals surface area contributed by atoms with Gasteiger partial charge in [0.25, 0.3) is 5.91 Å². The van der Waals surface area contributed by atoms with E-state index in [2.05, 4.69) is 4.90 Å². The third-order valence-corrected chi connectivity index (χ3v) is 4.74.